The molecule has 0 unspecified atom stereocenters. The molecule has 0 bridgehead atoms. The summed E-state index contributed by atoms with van der Waals surface area (Å²) in [7, 11) is -3.42. The molecule has 0 fully saturated rings. The second kappa shape index (κ2) is 5.55. The van der Waals surface area contributed by atoms with E-state index < -0.39 is 10.0 Å². The largest absolute Gasteiger partial charge is 0.384 e. The Labute approximate surface area is 122 Å². The zero-order valence-corrected chi connectivity index (χ0v) is 12.6. The van der Waals surface area contributed by atoms with E-state index in [4.69, 9.17) is 0 Å². The Morgan fingerprint density at radius 1 is 1.30 bits per heavy atom. The van der Waals surface area contributed by atoms with Gasteiger partial charge in [0, 0.05) is 23.7 Å². The van der Waals surface area contributed by atoms with E-state index in [2.05, 4.69) is 10.0 Å². The van der Waals surface area contributed by atoms with Crippen molar-refractivity contribution < 1.29 is 8.42 Å². The van der Waals surface area contributed by atoms with Gasteiger partial charge in [0.05, 0.1) is 4.90 Å². The molecular formula is C14H16N2O2S2. The predicted octanol–water partition coefficient (Wildman–Crippen LogP) is 2.24. The summed E-state index contributed by atoms with van der Waals surface area (Å²) in [6.07, 6.45) is 1.68. The molecule has 1 aromatic heterocycles. The maximum absolute atomic E-state index is 12.2. The molecule has 20 heavy (non-hydrogen) atoms. The number of hydrogen-bond acceptors (Lipinski definition) is 4. The van der Waals surface area contributed by atoms with E-state index in [9.17, 15) is 8.42 Å². The third-order valence-corrected chi connectivity index (χ3v) is 5.74. The Kier molecular flexibility index (Phi) is 3.78. The van der Waals surface area contributed by atoms with E-state index in [0.29, 0.717) is 11.4 Å². The number of sulfonamides is 1. The number of nitrogens with one attached hydrogen (secondary N) is 2. The molecule has 0 aliphatic carbocycles. The standard InChI is InChI=1S/C14H16N2O2S2/c17-20(18,16-8-6-12-2-1-9-19-12)13-4-3-11-5-7-15-14(11)10-13/h1-4,9-10,15-16H,5-8H2. The number of rotatable bonds is 5. The fourth-order valence-electron chi connectivity index (χ4n) is 2.28. The van der Waals surface area contributed by atoms with Crippen molar-refractivity contribution in [2.24, 2.45) is 0 Å². The summed E-state index contributed by atoms with van der Waals surface area (Å²) in [5.74, 6) is 0. The highest BCUT2D eigenvalue weighted by Gasteiger charge is 2.17. The molecule has 2 heterocycles. The third-order valence-electron chi connectivity index (χ3n) is 3.35. The van der Waals surface area contributed by atoms with Crippen LogP contribution in [0, 0.1) is 0 Å². The van der Waals surface area contributed by atoms with Crippen LogP contribution in [0.5, 0.6) is 0 Å². The Morgan fingerprint density at radius 2 is 2.20 bits per heavy atom. The normalized spacial score (nSPS) is 14.0. The molecule has 106 valence electrons. The molecule has 0 spiro atoms. The number of benzene rings is 1. The second-order valence-electron chi connectivity index (χ2n) is 4.72. The molecule has 0 saturated carbocycles. The van der Waals surface area contributed by atoms with Gasteiger partial charge in [-0.3, -0.25) is 0 Å². The van der Waals surface area contributed by atoms with Crippen LogP contribution >= 0.6 is 11.3 Å². The van der Waals surface area contributed by atoms with Crippen LogP contribution in [0.15, 0.2) is 40.6 Å². The average molecular weight is 308 g/mol. The molecule has 1 aliphatic rings. The van der Waals surface area contributed by atoms with E-state index in [1.54, 1.807) is 23.5 Å². The Bertz CT molecular complexity index is 694. The summed E-state index contributed by atoms with van der Waals surface area (Å²) >= 11 is 1.64. The molecule has 1 aromatic carbocycles. The molecule has 0 amide bonds. The van der Waals surface area contributed by atoms with Crippen LogP contribution in [-0.2, 0) is 22.9 Å². The Hall–Kier alpha value is -1.37. The van der Waals surface area contributed by atoms with Gasteiger partial charge < -0.3 is 5.32 Å². The molecule has 4 nitrogen and oxygen atoms in total. The van der Waals surface area contributed by atoms with Crippen LogP contribution in [0.2, 0.25) is 0 Å². The zero-order valence-electron chi connectivity index (χ0n) is 10.9. The van der Waals surface area contributed by atoms with Crippen molar-refractivity contribution in [3.05, 3.63) is 46.2 Å². The highest BCUT2D eigenvalue weighted by molar-refractivity contribution is 7.89. The molecular weight excluding hydrogens is 292 g/mol. The van der Waals surface area contributed by atoms with Gasteiger partial charge in [0.15, 0.2) is 0 Å². The lowest BCUT2D eigenvalue weighted by Crippen LogP contribution is -2.25. The molecule has 0 saturated heterocycles. The van der Waals surface area contributed by atoms with Gasteiger partial charge in [-0.2, -0.15) is 0 Å². The van der Waals surface area contributed by atoms with Gasteiger partial charge in [0.25, 0.3) is 0 Å². The summed E-state index contributed by atoms with van der Waals surface area (Å²) in [5.41, 5.74) is 2.12. The Balaban J connectivity index is 1.68. The Morgan fingerprint density at radius 3 is 3.00 bits per heavy atom. The molecule has 2 N–H and O–H groups in total. The summed E-state index contributed by atoms with van der Waals surface area (Å²) in [6, 6.07) is 9.28. The fraction of sp³-hybridized carbons (Fsp3) is 0.286. The van der Waals surface area contributed by atoms with Crippen molar-refractivity contribution in [2.45, 2.75) is 17.7 Å². The van der Waals surface area contributed by atoms with Crippen molar-refractivity contribution in [3.63, 3.8) is 0 Å². The highest BCUT2D eigenvalue weighted by Crippen LogP contribution is 2.25. The van der Waals surface area contributed by atoms with Crippen LogP contribution in [0.3, 0.4) is 0 Å². The minimum Gasteiger partial charge on any atom is -0.384 e. The van der Waals surface area contributed by atoms with Crippen LogP contribution in [-0.4, -0.2) is 21.5 Å². The zero-order chi connectivity index (χ0) is 14.0. The minimum atomic E-state index is -3.42. The lowest BCUT2D eigenvalue weighted by Gasteiger charge is -2.08. The van der Waals surface area contributed by atoms with Crippen molar-refractivity contribution in [1.29, 1.82) is 0 Å². The fourth-order valence-corrected chi connectivity index (χ4v) is 4.05. The molecule has 1 aliphatic heterocycles. The van der Waals surface area contributed by atoms with Gasteiger partial charge in [-0.05, 0) is 42.0 Å². The van der Waals surface area contributed by atoms with E-state index in [0.717, 1.165) is 25.1 Å². The van der Waals surface area contributed by atoms with Gasteiger partial charge in [-0.15, -0.1) is 11.3 Å². The van der Waals surface area contributed by atoms with Crippen LogP contribution < -0.4 is 10.0 Å². The first-order chi connectivity index (χ1) is 9.65. The molecule has 6 heteroatoms. The van der Waals surface area contributed by atoms with Gasteiger partial charge in [-0.1, -0.05) is 12.1 Å². The summed E-state index contributed by atoms with van der Waals surface area (Å²) in [4.78, 5) is 1.51. The smallest absolute Gasteiger partial charge is 0.240 e. The first kappa shape index (κ1) is 13.6. The van der Waals surface area contributed by atoms with Crippen molar-refractivity contribution in [1.82, 2.24) is 4.72 Å². The number of thiophene rings is 1. The van der Waals surface area contributed by atoms with Crippen LogP contribution in [0.1, 0.15) is 10.4 Å². The maximum atomic E-state index is 12.2. The third kappa shape index (κ3) is 2.87. The minimum absolute atomic E-state index is 0.330. The first-order valence-electron chi connectivity index (χ1n) is 6.54. The number of fused-ring (bicyclic) bond motifs is 1. The van der Waals surface area contributed by atoms with Crippen LogP contribution in [0.4, 0.5) is 5.69 Å². The monoisotopic (exact) mass is 308 g/mol. The summed E-state index contributed by atoms with van der Waals surface area (Å²) in [6.45, 7) is 1.30. The van der Waals surface area contributed by atoms with E-state index in [1.807, 2.05) is 23.6 Å². The van der Waals surface area contributed by atoms with Gasteiger partial charge in [-0.25, -0.2) is 13.1 Å². The average Bonchev–Trinajstić information content (AvgIpc) is 3.08. The molecule has 3 rings (SSSR count). The number of hydrogen-bond donors (Lipinski definition) is 2. The summed E-state index contributed by atoms with van der Waals surface area (Å²) < 4.78 is 27.1. The lowest BCUT2D eigenvalue weighted by atomic mass is 10.2. The molecule has 0 radical (unpaired) electrons. The van der Waals surface area contributed by atoms with Gasteiger partial charge in [0.1, 0.15) is 0 Å². The lowest BCUT2D eigenvalue weighted by molar-refractivity contribution is 0.582. The van der Waals surface area contributed by atoms with E-state index in [1.165, 1.54) is 10.4 Å². The van der Waals surface area contributed by atoms with E-state index in [-0.39, 0.29) is 0 Å². The second-order valence-corrected chi connectivity index (χ2v) is 7.52. The van der Waals surface area contributed by atoms with Crippen molar-refractivity contribution in [2.75, 3.05) is 18.4 Å². The quantitative estimate of drug-likeness (QED) is 0.890. The predicted molar refractivity (Wildman–Crippen MR) is 81.8 cm³/mol. The van der Waals surface area contributed by atoms with E-state index >= 15 is 0 Å². The van der Waals surface area contributed by atoms with Gasteiger partial charge in [0.2, 0.25) is 10.0 Å². The molecule has 2 aromatic rings. The molecule has 0 atom stereocenters. The SMILES string of the molecule is O=S(=O)(NCCc1cccs1)c1ccc2c(c1)NCC2. The number of anilines is 1. The van der Waals surface area contributed by atoms with Gasteiger partial charge >= 0.3 is 0 Å². The topological polar surface area (TPSA) is 58.2 Å². The van der Waals surface area contributed by atoms with Crippen molar-refractivity contribution in [3.8, 4) is 0 Å². The highest BCUT2D eigenvalue weighted by atomic mass is 32.2. The summed E-state index contributed by atoms with van der Waals surface area (Å²) in [5, 5.41) is 5.20. The maximum Gasteiger partial charge on any atom is 0.240 e. The van der Waals surface area contributed by atoms with Crippen molar-refractivity contribution >= 4 is 27.0 Å². The van der Waals surface area contributed by atoms with Crippen LogP contribution in [0.25, 0.3) is 0 Å². The first-order valence-corrected chi connectivity index (χ1v) is 8.90.